The molecule has 6 aromatic rings. The number of anilines is 2. The molecule has 21 nitrogen and oxygen atoms in total. The van der Waals surface area contributed by atoms with Gasteiger partial charge >= 0.3 is 17.9 Å². The van der Waals surface area contributed by atoms with Gasteiger partial charge in [0.1, 0.15) is 28.7 Å². The zero-order valence-corrected chi connectivity index (χ0v) is 56.3. The zero-order valence-electron chi connectivity index (χ0n) is 56.3. The number of likely N-dealkylation sites (tertiary alicyclic amines) is 2. The smallest absolute Gasteiger partial charge is 0.328 e. The predicted molar refractivity (Wildman–Crippen MR) is 403 cm³/mol. The lowest BCUT2D eigenvalue weighted by atomic mass is 9.93. The third kappa shape index (κ3) is 38.5. The number of hydrogen-bond acceptors (Lipinski definition) is 17. The Morgan fingerprint density at radius 1 is 0.539 bits per heavy atom. The number of piperidine rings is 3. The summed E-state index contributed by atoms with van der Waals surface area (Å²) in [5.74, 6) is 2.08. The number of benzene rings is 5. The van der Waals surface area contributed by atoms with Gasteiger partial charge in [-0.05, 0) is 167 Å². The van der Waals surface area contributed by atoms with Crippen LogP contribution in [0.25, 0.3) is 6.08 Å². The lowest BCUT2D eigenvalue weighted by molar-refractivity contribution is -0.138. The lowest BCUT2D eigenvalue weighted by Crippen LogP contribution is -2.35. The molecule has 0 radical (unpaired) electrons. The molecule has 7 N–H and O–H groups in total. The monoisotopic (exact) mass is 1440 g/mol. The van der Waals surface area contributed by atoms with Gasteiger partial charge < -0.3 is 69.6 Å². The maximum atomic E-state index is 13.6. The van der Waals surface area contributed by atoms with Gasteiger partial charge in [0.25, 0.3) is 0 Å². The summed E-state index contributed by atoms with van der Waals surface area (Å²) in [5, 5.41) is 31.7. The number of aliphatic carboxylic acids is 3. The standard InChI is InChI=1S/C24H31FN2O4.C16H22FNO3.C8H9FO2.C8H11NO2.C8H15NO2.C8H7NO2.6CH4/c1-29-20-12-19(13-21(14-20)30-2)26-24(28)9-7-17-5-4-10-27(15-17)16-18-6-8-22(25)23(11-18)31-3;1-21-15-9-13(4-6-14(15)17)11-18-8-2-3-12(10-18)5-7-16(19)20;1-10-6-3-4-7(9)8(5-6)11-2;1-10-7-3-6(9)4-8(5-7)11-2;2*10-8(11)4-3-7-2-1-5-9-6-7;;;;;;/h6,8,11-14,17H,4-5,7,9-10,15-16H2,1-3H3,(H,26,28);4,6,9,12H,2-3,5,7-8,10-11H2,1H3,(H,19,20);3-5H,1-2H3;3-5H,9H2,1-2H3;7,9H,1-6H2,(H,10,11);1-6H,(H,10,11);6*1H4/b;;;;;4-3+;;;;;;. The number of methoxy groups -OCH3 is 8. The Bertz CT molecular complexity index is 3280. The molecule has 0 spiro atoms. The SMILES string of the molecule is C.C.C.C.C.C.COc1cc(CN2CCCC(CCC(=O)O)C2)ccc1F.COc1cc(N)cc(OC)c1.COc1cc(NC(=O)CCC2CCCN(Cc3ccc(F)c(OC)c3)C2)cc(OC)c1.COc1ccc(F)c(OC)c1.O=C(O)/C=C/c1cccnc1.O=C(O)CCC1CCCNC1. The first-order valence-electron chi connectivity index (χ1n) is 31.6. The highest BCUT2D eigenvalue weighted by atomic mass is 19.1. The fourth-order valence-corrected chi connectivity index (χ4v) is 10.7. The summed E-state index contributed by atoms with van der Waals surface area (Å²) in [6.07, 6.45) is 16.0. The third-order valence-electron chi connectivity index (χ3n) is 15.6. The number of pyridine rings is 1. The van der Waals surface area contributed by atoms with E-state index in [1.54, 1.807) is 114 Å². The van der Waals surface area contributed by atoms with Gasteiger partial charge in [0.15, 0.2) is 34.7 Å². The van der Waals surface area contributed by atoms with Crippen LogP contribution in [-0.2, 0) is 32.3 Å². The minimum Gasteiger partial charge on any atom is -0.497 e. The molecule has 24 heteroatoms. The Morgan fingerprint density at radius 3 is 1.38 bits per heavy atom. The molecule has 3 aliphatic rings. The zero-order chi connectivity index (χ0) is 70.2. The van der Waals surface area contributed by atoms with E-state index >= 15 is 0 Å². The molecule has 1 amide bonds. The third-order valence-corrected chi connectivity index (χ3v) is 15.6. The van der Waals surface area contributed by atoms with E-state index in [4.69, 9.17) is 58.9 Å². The molecule has 0 bridgehead atoms. The molecule has 572 valence electrons. The number of carbonyl (C=O) groups excluding carboxylic acids is 1. The first-order chi connectivity index (χ1) is 46.2. The fourth-order valence-electron chi connectivity index (χ4n) is 10.7. The van der Waals surface area contributed by atoms with E-state index in [0.29, 0.717) is 70.7 Å². The molecule has 3 unspecified atom stereocenters. The number of ether oxygens (including phenoxy) is 8. The van der Waals surface area contributed by atoms with E-state index < -0.39 is 17.9 Å². The van der Waals surface area contributed by atoms with E-state index in [9.17, 15) is 32.3 Å². The summed E-state index contributed by atoms with van der Waals surface area (Å²) >= 11 is 0. The second-order valence-electron chi connectivity index (χ2n) is 22.8. The molecule has 3 aliphatic heterocycles. The molecule has 3 fully saturated rings. The number of aromatic nitrogens is 1. The van der Waals surface area contributed by atoms with Crippen LogP contribution >= 0.6 is 0 Å². The Balaban J connectivity index is -0.00000121. The average Bonchev–Trinajstić information content (AvgIpc) is 0.883. The molecule has 3 saturated heterocycles. The summed E-state index contributed by atoms with van der Waals surface area (Å²) in [7, 11) is 12.2. The van der Waals surface area contributed by atoms with E-state index in [2.05, 4.69) is 25.4 Å². The molecule has 0 aliphatic carbocycles. The molecule has 1 aromatic heterocycles. The quantitative estimate of drug-likeness (QED) is 0.0243. The molecule has 4 heterocycles. The molecule has 9 rings (SSSR count). The molecule has 5 aromatic carbocycles. The molecular formula is C78H119F3N6O15. The van der Waals surface area contributed by atoms with Crippen LogP contribution in [-0.4, -0.2) is 150 Å². The second kappa shape index (κ2) is 54.5. The van der Waals surface area contributed by atoms with Crippen molar-refractivity contribution in [3.05, 3.63) is 156 Å². The minimum absolute atomic E-state index is 0. The highest BCUT2D eigenvalue weighted by molar-refractivity contribution is 5.91. The van der Waals surface area contributed by atoms with E-state index in [1.807, 2.05) is 0 Å². The van der Waals surface area contributed by atoms with E-state index in [-0.39, 0.29) is 91.6 Å². The fraction of sp³-hybridized carbons (Fsp3) is 0.474. The Hall–Kier alpha value is -9.26. The maximum absolute atomic E-state index is 13.6. The van der Waals surface area contributed by atoms with Gasteiger partial charge in [0, 0.05) is 118 Å². The van der Waals surface area contributed by atoms with Crippen molar-refractivity contribution in [2.24, 2.45) is 17.8 Å². The number of hydrogen-bond donors (Lipinski definition) is 6. The van der Waals surface area contributed by atoms with Crippen molar-refractivity contribution in [1.82, 2.24) is 20.1 Å². The number of carbonyl (C=O) groups is 4. The Morgan fingerprint density at radius 2 is 0.971 bits per heavy atom. The molecular weight excluding hydrogens is 1320 g/mol. The van der Waals surface area contributed by atoms with Crippen LogP contribution in [0.4, 0.5) is 24.5 Å². The molecule has 102 heavy (non-hydrogen) atoms. The maximum Gasteiger partial charge on any atom is 0.328 e. The van der Waals surface area contributed by atoms with Crippen molar-refractivity contribution >= 4 is 41.3 Å². The topological polar surface area (TPSA) is 272 Å². The number of nitrogens with zero attached hydrogens (tertiary/aromatic N) is 3. The predicted octanol–water partition coefficient (Wildman–Crippen LogP) is 16.4. The normalized spacial score (nSPS) is 14.8. The van der Waals surface area contributed by atoms with E-state index in [1.165, 1.54) is 77.7 Å². The van der Waals surface area contributed by atoms with Crippen molar-refractivity contribution in [3.63, 3.8) is 0 Å². The number of nitrogen functional groups attached to an aromatic ring is 1. The summed E-state index contributed by atoms with van der Waals surface area (Å²) in [4.78, 5) is 51.9. The number of nitrogens with one attached hydrogen (secondary N) is 2. The van der Waals surface area contributed by atoms with Crippen LogP contribution in [0.15, 0.2) is 122 Å². The minimum atomic E-state index is -0.950. The first kappa shape index (κ1) is 96.9. The van der Waals surface area contributed by atoms with Crippen LogP contribution in [0, 0.1) is 35.2 Å². The number of nitrogens with two attached hydrogens (primary N) is 1. The van der Waals surface area contributed by atoms with Gasteiger partial charge in [-0.1, -0.05) is 62.8 Å². The summed E-state index contributed by atoms with van der Waals surface area (Å²) in [5.41, 5.74) is 9.69. The van der Waals surface area contributed by atoms with Gasteiger partial charge in [-0.3, -0.25) is 29.2 Å². The largest absolute Gasteiger partial charge is 0.497 e. The summed E-state index contributed by atoms with van der Waals surface area (Å²) in [6, 6.07) is 28.4. The number of carboxylic acids is 3. The van der Waals surface area contributed by atoms with Crippen LogP contribution in [0.3, 0.4) is 0 Å². The van der Waals surface area contributed by atoms with Gasteiger partial charge in [0.2, 0.25) is 5.91 Å². The van der Waals surface area contributed by atoms with Gasteiger partial charge in [-0.25, -0.2) is 18.0 Å². The van der Waals surface area contributed by atoms with Crippen molar-refractivity contribution in [2.75, 3.05) is 107 Å². The van der Waals surface area contributed by atoms with Crippen LogP contribution in [0.1, 0.15) is 138 Å². The number of carboxylic acid groups (broad SMARTS) is 3. The highest BCUT2D eigenvalue weighted by Crippen LogP contribution is 2.30. The summed E-state index contributed by atoms with van der Waals surface area (Å²) in [6.45, 7) is 7.46. The summed E-state index contributed by atoms with van der Waals surface area (Å²) < 4.78 is 79.9. The van der Waals surface area contributed by atoms with Crippen molar-refractivity contribution in [3.8, 4) is 46.0 Å². The second-order valence-corrected chi connectivity index (χ2v) is 22.8. The van der Waals surface area contributed by atoms with Crippen LogP contribution in [0.2, 0.25) is 0 Å². The number of amides is 1. The molecule has 3 atom stereocenters. The van der Waals surface area contributed by atoms with Gasteiger partial charge in [-0.2, -0.15) is 0 Å². The average molecular weight is 1440 g/mol. The first-order valence-corrected chi connectivity index (χ1v) is 31.6. The van der Waals surface area contributed by atoms with Gasteiger partial charge in [-0.15, -0.1) is 0 Å². The van der Waals surface area contributed by atoms with Crippen molar-refractivity contribution in [2.45, 2.75) is 135 Å². The van der Waals surface area contributed by atoms with Crippen LogP contribution in [0.5, 0.6) is 46.0 Å². The van der Waals surface area contributed by atoms with Crippen molar-refractivity contribution < 1.29 is 85.6 Å². The lowest BCUT2D eigenvalue weighted by Gasteiger charge is -2.32. The van der Waals surface area contributed by atoms with E-state index in [0.717, 1.165) is 120 Å². The molecule has 0 saturated carbocycles. The van der Waals surface area contributed by atoms with Crippen molar-refractivity contribution in [1.29, 1.82) is 0 Å². The number of rotatable bonds is 24. The van der Waals surface area contributed by atoms with Gasteiger partial charge in [0.05, 0.1) is 56.9 Å². The number of halogens is 3. The highest BCUT2D eigenvalue weighted by Gasteiger charge is 2.23. The Labute approximate surface area is 605 Å². The Kier molecular flexibility index (Phi) is 51.8. The van der Waals surface area contributed by atoms with Crippen LogP contribution < -0.4 is 54.3 Å².